The van der Waals surface area contributed by atoms with Crippen molar-refractivity contribution in [3.63, 3.8) is 0 Å². The van der Waals surface area contributed by atoms with Gasteiger partial charge in [0.25, 0.3) is 0 Å². The van der Waals surface area contributed by atoms with E-state index >= 15 is 0 Å². The standard InChI is InChI=1S/C24H23BrN4S/c1-16-14-29(17(2)27-16)22-8-5-19-9-10-28(15-20(19)12-22)24-26-13-23(30-24)11-18-3-6-21(25)7-4-18/h3-8,12-14H,9-11,15H2,1-2H3. The average Bonchev–Trinajstić information content (AvgIpc) is 3.34. The van der Waals surface area contributed by atoms with Crippen molar-refractivity contribution in [3.05, 3.63) is 92.4 Å². The number of fused-ring (bicyclic) bond motifs is 1. The lowest BCUT2D eigenvalue weighted by Crippen LogP contribution is -2.30. The fraction of sp³-hybridized carbons (Fsp3) is 0.250. The molecule has 0 saturated heterocycles. The summed E-state index contributed by atoms with van der Waals surface area (Å²) in [5, 5.41) is 1.12. The largest absolute Gasteiger partial charge is 0.343 e. The fourth-order valence-electron chi connectivity index (χ4n) is 4.06. The molecule has 4 aromatic rings. The van der Waals surface area contributed by atoms with Crippen molar-refractivity contribution in [2.75, 3.05) is 11.4 Å². The Hall–Kier alpha value is -2.44. The average molecular weight is 479 g/mol. The van der Waals surface area contributed by atoms with Crippen molar-refractivity contribution in [1.82, 2.24) is 14.5 Å². The van der Waals surface area contributed by atoms with Gasteiger partial charge in [0, 0.05) is 46.9 Å². The number of aryl methyl sites for hydroxylation is 2. The van der Waals surface area contributed by atoms with Crippen LogP contribution in [-0.4, -0.2) is 21.1 Å². The Kier molecular flexibility index (Phi) is 5.21. The maximum atomic E-state index is 4.74. The minimum absolute atomic E-state index is 0.904. The lowest BCUT2D eigenvalue weighted by atomic mass is 9.99. The second-order valence-corrected chi connectivity index (χ2v) is 9.85. The summed E-state index contributed by atoms with van der Waals surface area (Å²) in [7, 11) is 0. The summed E-state index contributed by atoms with van der Waals surface area (Å²) in [4.78, 5) is 13.0. The molecule has 0 amide bonds. The Labute approximate surface area is 189 Å². The molecule has 6 heteroatoms. The first-order valence-corrected chi connectivity index (χ1v) is 11.7. The monoisotopic (exact) mass is 478 g/mol. The molecule has 0 unspecified atom stereocenters. The van der Waals surface area contributed by atoms with Gasteiger partial charge in [0.15, 0.2) is 5.13 Å². The van der Waals surface area contributed by atoms with E-state index in [2.05, 4.69) is 86.0 Å². The van der Waals surface area contributed by atoms with Crippen molar-refractivity contribution in [2.45, 2.75) is 33.2 Å². The van der Waals surface area contributed by atoms with Gasteiger partial charge in [-0.15, -0.1) is 11.3 Å². The Balaban J connectivity index is 1.35. The number of aromatic nitrogens is 3. The summed E-state index contributed by atoms with van der Waals surface area (Å²) in [6.07, 6.45) is 6.12. The van der Waals surface area contributed by atoms with Crippen LogP contribution < -0.4 is 4.90 Å². The van der Waals surface area contributed by atoms with Crippen LogP contribution in [0.4, 0.5) is 5.13 Å². The van der Waals surface area contributed by atoms with Crippen LogP contribution in [0, 0.1) is 13.8 Å². The van der Waals surface area contributed by atoms with Crippen LogP contribution in [0.3, 0.4) is 0 Å². The van der Waals surface area contributed by atoms with Crippen LogP contribution in [-0.2, 0) is 19.4 Å². The molecule has 152 valence electrons. The van der Waals surface area contributed by atoms with Crippen molar-refractivity contribution in [3.8, 4) is 5.69 Å². The molecule has 0 atom stereocenters. The topological polar surface area (TPSA) is 34.0 Å². The van der Waals surface area contributed by atoms with Crippen LogP contribution in [0.2, 0.25) is 0 Å². The van der Waals surface area contributed by atoms with E-state index in [1.54, 1.807) is 0 Å². The highest BCUT2D eigenvalue weighted by Gasteiger charge is 2.20. The molecule has 0 saturated carbocycles. The molecule has 2 aromatic heterocycles. The molecule has 0 radical (unpaired) electrons. The second kappa shape index (κ2) is 8.00. The highest BCUT2D eigenvalue weighted by molar-refractivity contribution is 9.10. The number of halogens is 1. The molecule has 5 rings (SSSR count). The number of hydrogen-bond donors (Lipinski definition) is 0. The molecular weight excluding hydrogens is 456 g/mol. The van der Waals surface area contributed by atoms with Crippen molar-refractivity contribution >= 4 is 32.4 Å². The van der Waals surface area contributed by atoms with E-state index in [1.165, 1.54) is 27.3 Å². The first kappa shape index (κ1) is 19.5. The third kappa shape index (κ3) is 3.94. The molecule has 0 aliphatic carbocycles. The number of benzene rings is 2. The zero-order valence-electron chi connectivity index (χ0n) is 17.1. The van der Waals surface area contributed by atoms with Gasteiger partial charge in [-0.1, -0.05) is 34.1 Å². The smallest absolute Gasteiger partial charge is 0.185 e. The Bertz CT molecular complexity index is 1190. The molecular formula is C24H23BrN4S. The highest BCUT2D eigenvalue weighted by Crippen LogP contribution is 2.30. The second-order valence-electron chi connectivity index (χ2n) is 7.84. The van der Waals surface area contributed by atoms with E-state index in [0.29, 0.717) is 0 Å². The van der Waals surface area contributed by atoms with Crippen LogP contribution in [0.25, 0.3) is 5.69 Å². The molecule has 2 aromatic carbocycles. The van der Waals surface area contributed by atoms with E-state index < -0.39 is 0 Å². The number of anilines is 1. The van der Waals surface area contributed by atoms with Gasteiger partial charge in [-0.3, -0.25) is 0 Å². The van der Waals surface area contributed by atoms with Gasteiger partial charge in [-0.25, -0.2) is 9.97 Å². The van der Waals surface area contributed by atoms with Crippen LogP contribution >= 0.6 is 27.3 Å². The summed E-state index contributed by atoms with van der Waals surface area (Å²) in [5.74, 6) is 1.03. The minimum atomic E-state index is 0.904. The van der Waals surface area contributed by atoms with E-state index in [4.69, 9.17) is 4.98 Å². The highest BCUT2D eigenvalue weighted by atomic mass is 79.9. The SMILES string of the molecule is Cc1cn(-c2ccc3c(c2)CN(c2ncc(Cc4ccc(Br)cc4)s2)CC3)c(C)n1. The third-order valence-electron chi connectivity index (χ3n) is 5.59. The first-order chi connectivity index (χ1) is 14.5. The fourth-order valence-corrected chi connectivity index (χ4v) is 5.30. The predicted octanol–water partition coefficient (Wildman–Crippen LogP) is 5.86. The van der Waals surface area contributed by atoms with Gasteiger partial charge in [-0.2, -0.15) is 0 Å². The Morgan fingerprint density at radius 1 is 1.07 bits per heavy atom. The molecule has 3 heterocycles. The summed E-state index contributed by atoms with van der Waals surface area (Å²) in [6.45, 7) is 6.02. The maximum absolute atomic E-state index is 4.74. The number of nitrogens with zero attached hydrogens (tertiary/aromatic N) is 4. The molecule has 4 nitrogen and oxygen atoms in total. The molecule has 0 N–H and O–H groups in total. The predicted molar refractivity (Wildman–Crippen MR) is 127 cm³/mol. The van der Waals surface area contributed by atoms with E-state index in [1.807, 2.05) is 24.5 Å². The quantitative estimate of drug-likeness (QED) is 0.368. The lowest BCUT2D eigenvalue weighted by Gasteiger charge is -2.29. The normalized spacial score (nSPS) is 13.5. The molecule has 0 bridgehead atoms. The summed E-state index contributed by atoms with van der Waals surface area (Å²) < 4.78 is 3.29. The number of hydrogen-bond acceptors (Lipinski definition) is 4. The molecule has 1 aliphatic heterocycles. The van der Waals surface area contributed by atoms with Gasteiger partial charge in [0.2, 0.25) is 0 Å². The molecule has 0 fully saturated rings. The maximum Gasteiger partial charge on any atom is 0.185 e. The number of thiazole rings is 1. The van der Waals surface area contributed by atoms with E-state index in [0.717, 1.165) is 47.1 Å². The Morgan fingerprint density at radius 2 is 1.90 bits per heavy atom. The summed E-state index contributed by atoms with van der Waals surface area (Å²) >= 11 is 5.31. The minimum Gasteiger partial charge on any atom is -0.343 e. The van der Waals surface area contributed by atoms with Gasteiger partial charge < -0.3 is 9.47 Å². The van der Waals surface area contributed by atoms with Gasteiger partial charge >= 0.3 is 0 Å². The Morgan fingerprint density at radius 3 is 2.67 bits per heavy atom. The summed E-state index contributed by atoms with van der Waals surface area (Å²) in [5.41, 5.74) is 6.37. The lowest BCUT2D eigenvalue weighted by molar-refractivity contribution is 0.727. The van der Waals surface area contributed by atoms with Crippen molar-refractivity contribution < 1.29 is 0 Å². The first-order valence-electron chi connectivity index (χ1n) is 10.1. The number of imidazole rings is 1. The van der Waals surface area contributed by atoms with Crippen molar-refractivity contribution in [2.24, 2.45) is 0 Å². The molecule has 30 heavy (non-hydrogen) atoms. The van der Waals surface area contributed by atoms with Crippen molar-refractivity contribution in [1.29, 1.82) is 0 Å². The van der Waals surface area contributed by atoms with Gasteiger partial charge in [0.05, 0.1) is 5.69 Å². The third-order valence-corrected chi connectivity index (χ3v) is 7.17. The zero-order chi connectivity index (χ0) is 20.7. The number of rotatable bonds is 4. The van der Waals surface area contributed by atoms with E-state index in [9.17, 15) is 0 Å². The van der Waals surface area contributed by atoms with Crippen LogP contribution in [0.5, 0.6) is 0 Å². The van der Waals surface area contributed by atoms with E-state index in [-0.39, 0.29) is 0 Å². The van der Waals surface area contributed by atoms with Crippen LogP contribution in [0.15, 0.2) is 59.3 Å². The van der Waals surface area contributed by atoms with Gasteiger partial charge in [0.1, 0.15) is 5.82 Å². The zero-order valence-corrected chi connectivity index (χ0v) is 19.5. The van der Waals surface area contributed by atoms with Gasteiger partial charge in [-0.05, 0) is 61.2 Å². The summed E-state index contributed by atoms with van der Waals surface area (Å²) in [6, 6.07) is 15.3. The molecule has 0 spiro atoms. The molecule has 1 aliphatic rings. The van der Waals surface area contributed by atoms with Crippen LogP contribution in [0.1, 0.15) is 33.1 Å².